The second-order valence-electron chi connectivity index (χ2n) is 15.8. The first-order chi connectivity index (χ1) is 14.5. The maximum absolute atomic E-state index is 13.6. The molecule has 0 saturated carbocycles. The minimum absolute atomic E-state index is 0.551. The first kappa shape index (κ1) is 16.7. The molecule has 0 aromatic heterocycles. The molecule has 10 fully saturated rings. The Morgan fingerprint density at radius 3 is 1.23 bits per heavy atom. The molecule has 1 spiro atoms. The van der Waals surface area contributed by atoms with Gasteiger partial charge in [-0.3, -0.25) is 0 Å². The summed E-state index contributed by atoms with van der Waals surface area (Å²) in [6, 6.07) is 0. The first-order valence-electron chi connectivity index (χ1n) is 14.3. The van der Waals surface area contributed by atoms with E-state index in [0.717, 1.165) is 12.2 Å². The number of ketones is 1. The summed E-state index contributed by atoms with van der Waals surface area (Å²) in [6.07, 6.45) is 22.4. The SMILES string of the molecule is CCCCCCCCCCCCCCCCCC(=O)[C]12[CH]3[CH]4[CH]5[CH]1[Fe]45321678[CH]2[CH]1[CH]6[CH]7[CH]28. The molecule has 0 bridgehead atoms. The van der Waals surface area contributed by atoms with E-state index in [4.69, 9.17) is 0 Å². The summed E-state index contributed by atoms with van der Waals surface area (Å²) in [7, 11) is 0. The molecule has 10 rings (SSSR count). The average molecular weight is 453 g/mol. The van der Waals surface area contributed by atoms with E-state index in [2.05, 4.69) is 6.92 Å². The standard InChI is InChI=1S/C23H39O.C5H5.Fe/c1-2-3-4-5-6-7-8-9-10-11-12-13-14-15-16-21-23(24)22-19-17-18-20-22;1-2-4-5-3-1;/h17-20H,2-16,21H2,1H3;1-5H;. The fourth-order valence-electron chi connectivity index (χ4n) is 19.8. The van der Waals surface area contributed by atoms with Crippen LogP contribution in [-0.4, -0.2) is 5.78 Å². The van der Waals surface area contributed by atoms with Crippen molar-refractivity contribution in [3.05, 3.63) is 0 Å². The Morgan fingerprint density at radius 1 is 0.567 bits per heavy atom. The van der Waals surface area contributed by atoms with Crippen molar-refractivity contribution in [1.82, 2.24) is 0 Å². The fraction of sp³-hybridized carbons (Fsp3) is 0.964. The van der Waals surface area contributed by atoms with Gasteiger partial charge in [0.15, 0.2) is 0 Å². The van der Waals surface area contributed by atoms with Gasteiger partial charge in [0, 0.05) is 0 Å². The normalized spacial score (nSPS) is 72.6. The molecule has 10 heterocycles. The number of hydrogen-bond acceptors (Lipinski definition) is 1. The quantitative estimate of drug-likeness (QED) is 0.159. The summed E-state index contributed by atoms with van der Waals surface area (Å²) in [5, 5.41) is 0. The van der Waals surface area contributed by atoms with Gasteiger partial charge in [0.2, 0.25) is 0 Å². The molecule has 170 valence electrons. The second kappa shape index (κ2) is 2.46. The molecule has 0 aliphatic carbocycles. The molecule has 0 aromatic carbocycles. The molecule has 2 heteroatoms. The van der Waals surface area contributed by atoms with Crippen LogP contribution in [0.5, 0.6) is 0 Å². The van der Waals surface area contributed by atoms with Gasteiger partial charge in [0.1, 0.15) is 0 Å². The van der Waals surface area contributed by atoms with Crippen LogP contribution in [-0.2, 0) is 11.3 Å². The van der Waals surface area contributed by atoms with Gasteiger partial charge in [-0.05, 0) is 0 Å². The molecule has 10 saturated heterocycles. The van der Waals surface area contributed by atoms with Crippen molar-refractivity contribution in [2.24, 2.45) is 0 Å². The molecule has 0 radical (unpaired) electrons. The van der Waals surface area contributed by atoms with Gasteiger partial charge in [-0.1, -0.05) is 45.4 Å². The number of Topliss-reactive ketones (excluding diaryl/α,β-unsaturated/α-hetero) is 1. The van der Waals surface area contributed by atoms with Crippen molar-refractivity contribution < 1.29 is 11.3 Å². The molecule has 4 unspecified atom stereocenters. The number of hydrogen-bond donors (Lipinski definition) is 0. The van der Waals surface area contributed by atoms with Crippen LogP contribution >= 0.6 is 0 Å². The van der Waals surface area contributed by atoms with Gasteiger partial charge in [-0.2, -0.15) is 0 Å². The van der Waals surface area contributed by atoms with E-state index in [0.29, 0.717) is 4.31 Å². The van der Waals surface area contributed by atoms with E-state index in [1.807, 2.05) is 0 Å². The van der Waals surface area contributed by atoms with Crippen LogP contribution in [0, 0.1) is 0 Å². The summed E-state index contributed by atoms with van der Waals surface area (Å²) >= 11 is 0. The Balaban J connectivity index is 0.641. The van der Waals surface area contributed by atoms with Crippen LogP contribution in [0.3, 0.4) is 0 Å². The van der Waals surface area contributed by atoms with Crippen LogP contribution in [0.4, 0.5) is 0 Å². The number of fused-ring (bicyclic) bond motifs is 10. The van der Waals surface area contributed by atoms with Gasteiger partial charge >= 0.3 is 129 Å². The van der Waals surface area contributed by atoms with Crippen molar-refractivity contribution in [3.8, 4) is 0 Å². The third kappa shape index (κ3) is 0.374. The van der Waals surface area contributed by atoms with Crippen LogP contribution < -0.4 is 0 Å². The Morgan fingerprint density at radius 2 is 0.933 bits per heavy atom. The third-order valence-corrected chi connectivity index (χ3v) is 61.5. The van der Waals surface area contributed by atoms with E-state index in [-0.39, 0.29) is 0 Å². The Bertz CT molecular complexity index is 1100. The van der Waals surface area contributed by atoms with E-state index < -0.39 is 6.51 Å². The fourth-order valence-corrected chi connectivity index (χ4v) is 93.9. The average Bonchev–Trinajstić information content (AvgIpc) is 3.69. The minimum atomic E-state index is -3.12. The zero-order chi connectivity index (χ0) is 19.9. The first-order valence-corrected chi connectivity index (χ1v) is 20.6. The second-order valence-corrected chi connectivity index (χ2v) is 39.4. The summed E-state index contributed by atoms with van der Waals surface area (Å²) in [6.45, 7) is -0.815. The van der Waals surface area contributed by atoms with Gasteiger partial charge in [0.25, 0.3) is 0 Å². The van der Waals surface area contributed by atoms with Crippen molar-refractivity contribution in [3.63, 3.8) is 0 Å². The molecule has 1 nitrogen and oxygen atoms in total. The number of carbonyl (C=O) groups is 1. The number of unbranched alkanes of at least 4 members (excludes halogenated alkanes) is 14. The zero-order valence-electron chi connectivity index (χ0n) is 19.3. The molecule has 10 aliphatic rings. The molecule has 4 atom stereocenters. The maximum atomic E-state index is 13.6. The number of rotatable bonds is 17. The van der Waals surface area contributed by atoms with Gasteiger partial charge in [-0.15, -0.1) is 0 Å². The zero-order valence-corrected chi connectivity index (χ0v) is 20.4. The van der Waals surface area contributed by atoms with E-state index in [1.165, 1.54) is 140 Å². The summed E-state index contributed by atoms with van der Waals surface area (Å²) < 4.78 is 0.551. The Hall–Kier alpha value is 0.189. The number of carbonyl (C=O) groups excluding carboxylic acids is 1. The van der Waals surface area contributed by atoms with E-state index in [9.17, 15) is 4.79 Å². The predicted octanol–water partition coefficient (Wildman–Crippen LogP) is 9.58. The molecular formula is C28H44FeO. The van der Waals surface area contributed by atoms with Crippen LogP contribution in [0.2, 0.25) is 47.7 Å². The predicted molar refractivity (Wildman–Crippen MR) is 121 cm³/mol. The third-order valence-electron chi connectivity index (χ3n) is 19.1. The van der Waals surface area contributed by atoms with E-state index >= 15 is 0 Å². The van der Waals surface area contributed by atoms with Crippen molar-refractivity contribution >= 4 is 5.78 Å². The van der Waals surface area contributed by atoms with Crippen molar-refractivity contribution in [2.75, 3.05) is 0 Å². The summed E-state index contributed by atoms with van der Waals surface area (Å²) in [5.74, 6) is 0.906. The topological polar surface area (TPSA) is 17.1 Å². The monoisotopic (exact) mass is 452 g/mol. The van der Waals surface area contributed by atoms with Crippen molar-refractivity contribution in [1.29, 1.82) is 0 Å². The Kier molecular flexibility index (Phi) is 1.37. The molecule has 0 aromatic rings. The van der Waals surface area contributed by atoms with E-state index in [1.54, 1.807) is 0 Å². The van der Waals surface area contributed by atoms with Gasteiger partial charge in [-0.25, -0.2) is 0 Å². The van der Waals surface area contributed by atoms with Crippen LogP contribution in [0.15, 0.2) is 0 Å². The molecule has 30 heavy (non-hydrogen) atoms. The van der Waals surface area contributed by atoms with Gasteiger partial charge in [0.05, 0.1) is 0 Å². The van der Waals surface area contributed by atoms with Crippen molar-refractivity contribution in [2.45, 2.75) is 157 Å². The summed E-state index contributed by atoms with van der Waals surface area (Å²) in [4.78, 5) is 25.2. The molecule has 0 amide bonds. The van der Waals surface area contributed by atoms with Crippen LogP contribution in [0.1, 0.15) is 110 Å². The summed E-state index contributed by atoms with van der Waals surface area (Å²) in [5.41, 5.74) is 0. The van der Waals surface area contributed by atoms with Gasteiger partial charge < -0.3 is 0 Å². The van der Waals surface area contributed by atoms with Crippen LogP contribution in [0.25, 0.3) is 0 Å². The Labute approximate surface area is 174 Å². The molecular weight excluding hydrogens is 408 g/mol. The molecule has 0 N–H and O–H groups in total. The molecule has 10 aliphatic heterocycles.